The number of rotatable bonds is 10. The van der Waals surface area contributed by atoms with E-state index in [1.54, 1.807) is 38.1 Å². The van der Waals surface area contributed by atoms with Gasteiger partial charge < -0.3 is 26.6 Å². The highest BCUT2D eigenvalue weighted by Crippen LogP contribution is 2.06. The molecule has 0 saturated carbocycles. The lowest BCUT2D eigenvalue weighted by molar-refractivity contribution is -0.144. The van der Waals surface area contributed by atoms with Crippen molar-refractivity contribution >= 4 is 35.7 Å². The quantitative estimate of drug-likeness (QED) is 0.182. The topological polar surface area (TPSA) is 183 Å². The Balaban J connectivity index is 2.84. The van der Waals surface area contributed by atoms with Crippen LogP contribution in [-0.2, 0) is 19.2 Å². The first-order chi connectivity index (χ1) is 13.5. The number of nitrogen functional groups attached to an aromatic ring is 1. The molecule has 29 heavy (non-hydrogen) atoms. The predicted octanol–water partition coefficient (Wildman–Crippen LogP) is 0.169. The summed E-state index contributed by atoms with van der Waals surface area (Å²) in [6.07, 6.45) is 1.84. The number of aliphatic carboxylic acids is 2. The van der Waals surface area contributed by atoms with E-state index in [1.165, 1.54) is 6.08 Å². The van der Waals surface area contributed by atoms with Gasteiger partial charge in [0.15, 0.2) is 0 Å². The Labute approximate surface area is 167 Å². The van der Waals surface area contributed by atoms with Gasteiger partial charge in [-0.05, 0) is 17.6 Å². The maximum Gasteiger partial charge on any atom is 0.326 e. The SMILES string of the molecule is CC(C)[C@H](NC(=O)[C@H](CC(=O)O)NC(=O)C=Cc1ccc(C(=N)N)cc1)C(=O)O. The van der Waals surface area contributed by atoms with Crippen molar-refractivity contribution in [3.8, 4) is 0 Å². The number of benzene rings is 1. The molecule has 7 N–H and O–H groups in total. The molecule has 2 amide bonds. The number of carboxylic acid groups (broad SMARTS) is 2. The van der Waals surface area contributed by atoms with Gasteiger partial charge in [0.05, 0.1) is 6.42 Å². The van der Waals surface area contributed by atoms with E-state index in [2.05, 4.69) is 10.6 Å². The van der Waals surface area contributed by atoms with Crippen LogP contribution in [-0.4, -0.2) is 51.9 Å². The van der Waals surface area contributed by atoms with Gasteiger partial charge in [0.25, 0.3) is 0 Å². The molecule has 0 aliphatic carbocycles. The number of hydrogen-bond donors (Lipinski definition) is 6. The molecule has 0 unspecified atom stereocenters. The van der Waals surface area contributed by atoms with Gasteiger partial charge in [-0.2, -0.15) is 0 Å². The van der Waals surface area contributed by atoms with Gasteiger partial charge in [-0.25, -0.2) is 4.79 Å². The highest BCUT2D eigenvalue weighted by atomic mass is 16.4. The number of hydrogen-bond acceptors (Lipinski definition) is 5. The Morgan fingerprint density at radius 1 is 1.10 bits per heavy atom. The summed E-state index contributed by atoms with van der Waals surface area (Å²) in [5, 5.41) is 30.0. The fraction of sp³-hybridized carbons (Fsp3) is 0.316. The highest BCUT2D eigenvalue weighted by Gasteiger charge is 2.29. The molecule has 0 aliphatic rings. The van der Waals surface area contributed by atoms with Gasteiger partial charge >= 0.3 is 11.9 Å². The largest absolute Gasteiger partial charge is 0.481 e. The maximum absolute atomic E-state index is 12.3. The first-order valence-electron chi connectivity index (χ1n) is 8.69. The Bertz CT molecular complexity index is 816. The molecule has 2 atom stereocenters. The molecule has 0 bridgehead atoms. The third kappa shape index (κ3) is 7.83. The minimum atomic E-state index is -1.44. The van der Waals surface area contributed by atoms with E-state index in [-0.39, 0.29) is 5.84 Å². The number of carboxylic acids is 2. The second-order valence-electron chi connectivity index (χ2n) is 6.60. The molecular weight excluding hydrogens is 380 g/mol. The minimum Gasteiger partial charge on any atom is -0.481 e. The summed E-state index contributed by atoms with van der Waals surface area (Å²) in [7, 11) is 0. The van der Waals surface area contributed by atoms with E-state index in [0.717, 1.165) is 6.08 Å². The van der Waals surface area contributed by atoms with Crippen LogP contribution in [0.1, 0.15) is 31.4 Å². The Hall–Kier alpha value is -3.69. The van der Waals surface area contributed by atoms with Crippen molar-refractivity contribution in [3.63, 3.8) is 0 Å². The van der Waals surface area contributed by atoms with E-state index in [4.69, 9.17) is 21.4 Å². The summed E-state index contributed by atoms with van der Waals surface area (Å²) < 4.78 is 0. The van der Waals surface area contributed by atoms with Crippen LogP contribution in [0.2, 0.25) is 0 Å². The molecule has 0 spiro atoms. The first-order valence-corrected chi connectivity index (χ1v) is 8.69. The average Bonchev–Trinajstić information content (AvgIpc) is 2.63. The normalized spacial score (nSPS) is 12.9. The number of amidine groups is 1. The Morgan fingerprint density at radius 2 is 1.69 bits per heavy atom. The summed E-state index contributed by atoms with van der Waals surface area (Å²) in [5.41, 5.74) is 6.50. The van der Waals surface area contributed by atoms with Gasteiger partial charge in [0.2, 0.25) is 11.8 Å². The molecule has 10 heteroatoms. The van der Waals surface area contributed by atoms with Crippen molar-refractivity contribution in [3.05, 3.63) is 41.5 Å². The summed E-state index contributed by atoms with van der Waals surface area (Å²) in [4.78, 5) is 46.6. The zero-order valence-electron chi connectivity index (χ0n) is 16.0. The molecule has 0 saturated heterocycles. The minimum absolute atomic E-state index is 0.0955. The summed E-state index contributed by atoms with van der Waals surface area (Å²) in [6.45, 7) is 3.17. The molecule has 0 radical (unpaired) electrons. The fourth-order valence-electron chi connectivity index (χ4n) is 2.32. The Morgan fingerprint density at radius 3 is 2.14 bits per heavy atom. The number of carbonyl (C=O) groups excluding carboxylic acids is 2. The third-order valence-electron chi connectivity index (χ3n) is 3.89. The summed E-state index contributed by atoms with van der Waals surface area (Å²) in [6, 6.07) is 3.79. The highest BCUT2D eigenvalue weighted by molar-refractivity contribution is 5.98. The van der Waals surface area contributed by atoms with Crippen LogP contribution in [0.15, 0.2) is 30.3 Å². The lowest BCUT2D eigenvalue weighted by Crippen LogP contribution is -2.53. The van der Waals surface area contributed by atoms with E-state index >= 15 is 0 Å². The zero-order chi connectivity index (χ0) is 22.1. The van der Waals surface area contributed by atoms with Gasteiger partial charge in [-0.15, -0.1) is 0 Å². The van der Waals surface area contributed by atoms with Crippen LogP contribution >= 0.6 is 0 Å². The van der Waals surface area contributed by atoms with Crippen LogP contribution in [0.4, 0.5) is 0 Å². The van der Waals surface area contributed by atoms with Gasteiger partial charge in [-0.1, -0.05) is 38.1 Å². The van der Waals surface area contributed by atoms with Crippen LogP contribution in [0.5, 0.6) is 0 Å². The van der Waals surface area contributed by atoms with Gasteiger partial charge in [0, 0.05) is 11.6 Å². The molecule has 0 aliphatic heterocycles. The van der Waals surface area contributed by atoms with Crippen molar-refractivity contribution < 1.29 is 29.4 Å². The van der Waals surface area contributed by atoms with Crippen molar-refractivity contribution in [2.75, 3.05) is 0 Å². The number of carbonyl (C=O) groups is 4. The molecule has 1 rings (SSSR count). The van der Waals surface area contributed by atoms with Crippen LogP contribution in [0, 0.1) is 11.3 Å². The predicted molar refractivity (Wildman–Crippen MR) is 105 cm³/mol. The smallest absolute Gasteiger partial charge is 0.326 e. The number of nitrogens with two attached hydrogens (primary N) is 1. The monoisotopic (exact) mass is 404 g/mol. The molecule has 0 heterocycles. The van der Waals surface area contributed by atoms with Crippen LogP contribution in [0.25, 0.3) is 6.08 Å². The van der Waals surface area contributed by atoms with E-state index in [1.807, 2.05) is 0 Å². The van der Waals surface area contributed by atoms with Crippen molar-refractivity contribution in [2.45, 2.75) is 32.4 Å². The van der Waals surface area contributed by atoms with Gasteiger partial charge in [0.1, 0.15) is 17.9 Å². The second-order valence-corrected chi connectivity index (χ2v) is 6.60. The van der Waals surface area contributed by atoms with Crippen LogP contribution < -0.4 is 16.4 Å². The molecule has 10 nitrogen and oxygen atoms in total. The molecule has 0 aromatic heterocycles. The molecule has 0 fully saturated rings. The van der Waals surface area contributed by atoms with Gasteiger partial charge in [-0.3, -0.25) is 19.8 Å². The third-order valence-corrected chi connectivity index (χ3v) is 3.89. The van der Waals surface area contributed by atoms with Crippen molar-refractivity contribution in [1.29, 1.82) is 5.41 Å². The van der Waals surface area contributed by atoms with Crippen molar-refractivity contribution in [2.24, 2.45) is 11.7 Å². The average molecular weight is 404 g/mol. The summed E-state index contributed by atoms with van der Waals surface area (Å²) >= 11 is 0. The van der Waals surface area contributed by atoms with Crippen molar-refractivity contribution in [1.82, 2.24) is 10.6 Å². The molecular formula is C19H24N4O6. The fourth-order valence-corrected chi connectivity index (χ4v) is 2.32. The Kier molecular flexibility index (Phi) is 8.53. The van der Waals surface area contributed by atoms with E-state index in [9.17, 15) is 19.2 Å². The summed E-state index contributed by atoms with van der Waals surface area (Å²) in [5.74, 6) is -4.75. The molecule has 1 aromatic carbocycles. The van der Waals surface area contributed by atoms with Crippen LogP contribution in [0.3, 0.4) is 0 Å². The first kappa shape index (κ1) is 23.3. The molecule has 156 valence electrons. The van der Waals surface area contributed by atoms with E-state index in [0.29, 0.717) is 11.1 Å². The molecule has 1 aromatic rings. The lowest BCUT2D eigenvalue weighted by Gasteiger charge is -2.22. The lowest BCUT2D eigenvalue weighted by atomic mass is 10.0. The standard InChI is InChI=1S/C19H24N4O6/c1-10(2)16(19(28)29)23-18(27)13(9-15(25)26)22-14(24)8-5-11-3-6-12(7-4-11)17(20)21/h3-8,10,13,16H,9H2,1-2H3,(H3,20,21)(H,22,24)(H,23,27)(H,25,26)(H,28,29)/t13-,16-/m0/s1. The maximum atomic E-state index is 12.3. The number of amides is 2. The van der Waals surface area contributed by atoms with E-state index < -0.39 is 48.2 Å². The zero-order valence-corrected chi connectivity index (χ0v) is 16.0. The second kappa shape index (κ2) is 10.6. The number of nitrogens with one attached hydrogen (secondary N) is 3.